The lowest BCUT2D eigenvalue weighted by Gasteiger charge is -2.30. The molecule has 5 rings (SSSR count). The number of benzene rings is 2. The Morgan fingerprint density at radius 3 is 2.58 bits per heavy atom. The number of likely N-dealkylation sites (tertiary alicyclic amines) is 1. The molecule has 2 aromatic carbocycles. The molecule has 1 atom stereocenters. The van der Waals surface area contributed by atoms with Gasteiger partial charge in [0.1, 0.15) is 5.75 Å². The van der Waals surface area contributed by atoms with Crippen molar-refractivity contribution in [3.05, 3.63) is 59.0 Å². The van der Waals surface area contributed by atoms with Crippen LogP contribution in [-0.4, -0.2) is 51.6 Å². The van der Waals surface area contributed by atoms with Crippen LogP contribution >= 0.6 is 11.3 Å². The maximum absolute atomic E-state index is 12.9. The molecule has 4 aromatic rings. The van der Waals surface area contributed by atoms with Crippen molar-refractivity contribution in [2.24, 2.45) is 0 Å². The summed E-state index contributed by atoms with van der Waals surface area (Å²) in [7, 11) is 2.76. The SMILES string of the molecule is COc1cc(C2CCN(C)CC2)c(C)cc1Nc1nc(Nc2ccccc2S(=O)C(C)C)c2sccc2n1. The van der Waals surface area contributed by atoms with Gasteiger partial charge in [-0.2, -0.15) is 4.98 Å². The van der Waals surface area contributed by atoms with Crippen molar-refractivity contribution in [2.75, 3.05) is 37.9 Å². The lowest BCUT2D eigenvalue weighted by molar-refractivity contribution is 0.255. The van der Waals surface area contributed by atoms with Gasteiger partial charge in [0, 0.05) is 5.25 Å². The Hall–Kier alpha value is -3.01. The van der Waals surface area contributed by atoms with E-state index >= 15 is 0 Å². The quantitative estimate of drug-likeness (QED) is 0.250. The van der Waals surface area contributed by atoms with Gasteiger partial charge >= 0.3 is 0 Å². The summed E-state index contributed by atoms with van der Waals surface area (Å²) in [5.74, 6) is 2.48. The van der Waals surface area contributed by atoms with Crippen LogP contribution < -0.4 is 15.4 Å². The molecule has 2 N–H and O–H groups in total. The van der Waals surface area contributed by atoms with Crippen molar-refractivity contribution >= 4 is 55.5 Å². The summed E-state index contributed by atoms with van der Waals surface area (Å²) in [4.78, 5) is 12.8. The third kappa shape index (κ3) is 5.55. The van der Waals surface area contributed by atoms with E-state index in [4.69, 9.17) is 14.7 Å². The molecule has 1 aliphatic heterocycles. The number of nitrogens with zero attached hydrogens (tertiary/aromatic N) is 3. The number of hydrogen-bond acceptors (Lipinski definition) is 8. The zero-order valence-electron chi connectivity index (χ0n) is 22.6. The van der Waals surface area contributed by atoms with Gasteiger partial charge in [0.05, 0.1) is 44.4 Å². The third-order valence-electron chi connectivity index (χ3n) is 7.08. The van der Waals surface area contributed by atoms with E-state index < -0.39 is 10.8 Å². The molecule has 200 valence electrons. The molecule has 1 aliphatic rings. The zero-order chi connectivity index (χ0) is 26.8. The molecule has 9 heteroatoms. The van der Waals surface area contributed by atoms with Crippen LogP contribution in [0.2, 0.25) is 0 Å². The fraction of sp³-hybridized carbons (Fsp3) is 0.379. The van der Waals surface area contributed by atoms with E-state index in [1.165, 1.54) is 11.1 Å². The van der Waals surface area contributed by atoms with Crippen LogP contribution in [0.25, 0.3) is 10.2 Å². The Kier molecular flexibility index (Phi) is 7.97. The van der Waals surface area contributed by atoms with Crippen molar-refractivity contribution in [3.63, 3.8) is 0 Å². The van der Waals surface area contributed by atoms with Gasteiger partial charge in [-0.15, -0.1) is 11.3 Å². The fourth-order valence-corrected chi connectivity index (χ4v) is 6.81. The Labute approximate surface area is 231 Å². The summed E-state index contributed by atoms with van der Waals surface area (Å²) in [5, 5.41) is 8.88. The summed E-state index contributed by atoms with van der Waals surface area (Å²) in [5.41, 5.74) is 5.06. The minimum Gasteiger partial charge on any atom is -0.495 e. The summed E-state index contributed by atoms with van der Waals surface area (Å²) < 4.78 is 19.7. The van der Waals surface area contributed by atoms with Crippen LogP contribution in [0.5, 0.6) is 5.75 Å². The molecule has 1 fully saturated rings. The highest BCUT2D eigenvalue weighted by Gasteiger charge is 2.22. The second-order valence-electron chi connectivity index (χ2n) is 10.1. The number of anilines is 4. The molecule has 0 amide bonds. The van der Waals surface area contributed by atoms with E-state index in [1.807, 2.05) is 49.6 Å². The van der Waals surface area contributed by atoms with Crippen molar-refractivity contribution < 1.29 is 8.95 Å². The minimum absolute atomic E-state index is 0.00975. The van der Waals surface area contributed by atoms with E-state index in [9.17, 15) is 4.21 Å². The van der Waals surface area contributed by atoms with E-state index in [0.29, 0.717) is 17.7 Å². The van der Waals surface area contributed by atoms with Crippen LogP contribution in [0.4, 0.5) is 23.1 Å². The molecule has 2 aromatic heterocycles. The molecule has 0 spiro atoms. The maximum atomic E-state index is 12.9. The largest absolute Gasteiger partial charge is 0.495 e. The van der Waals surface area contributed by atoms with Gasteiger partial charge in [-0.25, -0.2) is 4.98 Å². The average molecular weight is 550 g/mol. The number of hydrogen-bond donors (Lipinski definition) is 2. The van der Waals surface area contributed by atoms with Crippen molar-refractivity contribution in [1.29, 1.82) is 0 Å². The first kappa shape index (κ1) is 26.6. The molecule has 1 saturated heterocycles. The predicted octanol–water partition coefficient (Wildman–Crippen LogP) is 6.82. The molecular weight excluding hydrogens is 514 g/mol. The van der Waals surface area contributed by atoms with E-state index in [0.717, 1.165) is 58.2 Å². The molecule has 3 heterocycles. The van der Waals surface area contributed by atoms with Crippen LogP contribution in [0.15, 0.2) is 52.7 Å². The number of nitrogens with one attached hydrogen (secondary N) is 2. The number of aromatic nitrogens is 2. The highest BCUT2D eigenvalue weighted by molar-refractivity contribution is 7.85. The fourth-order valence-electron chi connectivity index (χ4n) is 4.98. The lowest BCUT2D eigenvalue weighted by atomic mass is 9.86. The summed E-state index contributed by atoms with van der Waals surface area (Å²) in [6.45, 7) is 8.32. The molecule has 0 saturated carbocycles. The summed E-state index contributed by atoms with van der Waals surface area (Å²) in [6, 6.07) is 14.0. The molecular formula is C29H35N5O2S2. The summed E-state index contributed by atoms with van der Waals surface area (Å²) >= 11 is 1.58. The van der Waals surface area contributed by atoms with Gasteiger partial charge in [-0.05, 0) is 92.7 Å². The first-order valence-electron chi connectivity index (χ1n) is 13.0. The van der Waals surface area contributed by atoms with Crippen LogP contribution in [0, 0.1) is 6.92 Å². The van der Waals surface area contributed by atoms with E-state index in [1.54, 1.807) is 18.4 Å². The Bertz CT molecular complexity index is 1460. The number of thiophene rings is 1. The van der Waals surface area contributed by atoms with Crippen molar-refractivity contribution in [1.82, 2.24) is 14.9 Å². The first-order valence-corrected chi connectivity index (χ1v) is 15.1. The zero-order valence-corrected chi connectivity index (χ0v) is 24.2. The second kappa shape index (κ2) is 11.4. The van der Waals surface area contributed by atoms with Gasteiger partial charge < -0.3 is 20.3 Å². The van der Waals surface area contributed by atoms with Gasteiger partial charge in [-0.3, -0.25) is 4.21 Å². The summed E-state index contributed by atoms with van der Waals surface area (Å²) in [6.07, 6.45) is 2.31. The maximum Gasteiger partial charge on any atom is 0.229 e. The average Bonchev–Trinajstić information content (AvgIpc) is 3.38. The Balaban J connectivity index is 1.47. The number of fused-ring (bicyclic) bond motifs is 1. The minimum atomic E-state index is -1.13. The van der Waals surface area contributed by atoms with Crippen LogP contribution in [0.1, 0.15) is 43.7 Å². The number of aryl methyl sites for hydroxylation is 1. The Morgan fingerprint density at radius 1 is 1.08 bits per heavy atom. The second-order valence-corrected chi connectivity index (χ2v) is 13.0. The molecule has 1 unspecified atom stereocenters. The van der Waals surface area contributed by atoms with E-state index in [-0.39, 0.29) is 5.25 Å². The first-order chi connectivity index (χ1) is 18.3. The smallest absolute Gasteiger partial charge is 0.229 e. The molecule has 0 radical (unpaired) electrons. The number of methoxy groups -OCH3 is 1. The monoisotopic (exact) mass is 549 g/mol. The highest BCUT2D eigenvalue weighted by atomic mass is 32.2. The van der Waals surface area contributed by atoms with Gasteiger partial charge in [0.15, 0.2) is 5.82 Å². The molecule has 7 nitrogen and oxygen atoms in total. The van der Waals surface area contributed by atoms with Crippen molar-refractivity contribution in [2.45, 2.75) is 49.7 Å². The van der Waals surface area contributed by atoms with Crippen LogP contribution in [0.3, 0.4) is 0 Å². The van der Waals surface area contributed by atoms with Gasteiger partial charge in [0.25, 0.3) is 0 Å². The molecule has 0 bridgehead atoms. The van der Waals surface area contributed by atoms with Gasteiger partial charge in [-0.1, -0.05) is 26.0 Å². The number of para-hydroxylation sites is 1. The number of rotatable bonds is 8. The standard InChI is InChI=1S/C29H35N5O2S2/c1-18(2)38(35)26-9-7-6-8-22(26)30-28-27-23(12-15-37-27)31-29(33-28)32-24-16-19(3)21(17-25(24)36-5)20-10-13-34(4)14-11-20/h6-9,12,15-18,20H,10-11,13-14H2,1-5H3,(H2,30,31,32,33). The normalized spacial score (nSPS) is 15.6. The predicted molar refractivity (Wildman–Crippen MR) is 159 cm³/mol. The number of piperidine rings is 1. The van der Waals surface area contributed by atoms with Gasteiger partial charge in [0.2, 0.25) is 5.95 Å². The topological polar surface area (TPSA) is 79.4 Å². The highest BCUT2D eigenvalue weighted by Crippen LogP contribution is 2.38. The molecule has 0 aliphatic carbocycles. The lowest BCUT2D eigenvalue weighted by Crippen LogP contribution is -2.29. The molecule has 38 heavy (non-hydrogen) atoms. The number of ether oxygens (including phenoxy) is 1. The van der Waals surface area contributed by atoms with E-state index in [2.05, 4.69) is 41.6 Å². The van der Waals surface area contributed by atoms with Crippen molar-refractivity contribution in [3.8, 4) is 5.75 Å². The Morgan fingerprint density at radius 2 is 1.84 bits per heavy atom. The van der Waals surface area contributed by atoms with Crippen LogP contribution in [-0.2, 0) is 10.8 Å². The third-order valence-corrected chi connectivity index (χ3v) is 9.64.